The standard InChI is InChI=1S/C22H23NO5/c24-20(16-5-4-8-18(13-16)28-17-6-2-1-3-7-17)23-14-19(21(25)26)22(15-23)9-11-27-12-10-22/h1-8,13,19H,9-12,14-15H2,(H,25,26). The summed E-state index contributed by atoms with van der Waals surface area (Å²) in [5.74, 6) is -0.275. The van der Waals surface area contributed by atoms with Gasteiger partial charge in [0.2, 0.25) is 0 Å². The summed E-state index contributed by atoms with van der Waals surface area (Å²) in [6, 6.07) is 16.4. The van der Waals surface area contributed by atoms with Crippen molar-refractivity contribution >= 4 is 11.9 Å². The summed E-state index contributed by atoms with van der Waals surface area (Å²) < 4.78 is 11.2. The zero-order valence-electron chi connectivity index (χ0n) is 15.5. The first-order valence-electron chi connectivity index (χ1n) is 9.50. The second kappa shape index (κ2) is 7.64. The van der Waals surface area contributed by atoms with Crippen LogP contribution in [0.3, 0.4) is 0 Å². The van der Waals surface area contributed by atoms with Gasteiger partial charge in [-0.1, -0.05) is 24.3 Å². The Hall–Kier alpha value is -2.86. The maximum absolute atomic E-state index is 13.1. The third-order valence-electron chi connectivity index (χ3n) is 5.78. The third kappa shape index (κ3) is 3.60. The largest absolute Gasteiger partial charge is 0.481 e. The van der Waals surface area contributed by atoms with Crippen LogP contribution in [0.2, 0.25) is 0 Å². The van der Waals surface area contributed by atoms with Crippen molar-refractivity contribution in [1.82, 2.24) is 4.90 Å². The molecule has 0 aromatic heterocycles. The second-order valence-electron chi connectivity index (χ2n) is 7.49. The van der Waals surface area contributed by atoms with Gasteiger partial charge in [-0.3, -0.25) is 9.59 Å². The van der Waals surface area contributed by atoms with E-state index in [1.807, 2.05) is 30.3 Å². The molecule has 0 radical (unpaired) electrons. The molecule has 1 amide bonds. The molecule has 2 aliphatic rings. The Morgan fingerprint density at radius 3 is 2.46 bits per heavy atom. The molecule has 1 spiro atoms. The minimum absolute atomic E-state index is 0.159. The molecule has 28 heavy (non-hydrogen) atoms. The number of hydrogen-bond acceptors (Lipinski definition) is 4. The summed E-state index contributed by atoms with van der Waals surface area (Å²) in [4.78, 5) is 26.6. The number of carboxylic acid groups (broad SMARTS) is 1. The van der Waals surface area contributed by atoms with E-state index in [1.165, 1.54) is 0 Å². The number of carbonyl (C=O) groups excluding carboxylic acids is 1. The van der Waals surface area contributed by atoms with E-state index >= 15 is 0 Å². The van der Waals surface area contributed by atoms with Gasteiger partial charge in [0, 0.05) is 37.3 Å². The lowest BCUT2D eigenvalue weighted by molar-refractivity contribution is -0.146. The quantitative estimate of drug-likeness (QED) is 0.878. The predicted octanol–water partition coefficient (Wildman–Crippen LogP) is 3.43. The Bertz CT molecular complexity index is 860. The summed E-state index contributed by atoms with van der Waals surface area (Å²) in [7, 11) is 0. The molecular weight excluding hydrogens is 358 g/mol. The van der Waals surface area contributed by atoms with Crippen LogP contribution in [0.4, 0.5) is 0 Å². The van der Waals surface area contributed by atoms with Gasteiger partial charge in [-0.15, -0.1) is 0 Å². The van der Waals surface area contributed by atoms with Crippen molar-refractivity contribution in [3.8, 4) is 11.5 Å². The van der Waals surface area contributed by atoms with Crippen molar-refractivity contribution in [1.29, 1.82) is 0 Å². The lowest BCUT2D eigenvalue weighted by Crippen LogP contribution is -2.40. The number of ether oxygens (including phenoxy) is 2. The minimum atomic E-state index is -0.835. The van der Waals surface area contributed by atoms with Crippen molar-refractivity contribution in [3.05, 3.63) is 60.2 Å². The molecular formula is C22H23NO5. The van der Waals surface area contributed by atoms with Crippen LogP contribution in [0.15, 0.2) is 54.6 Å². The van der Waals surface area contributed by atoms with Crippen LogP contribution in [0.25, 0.3) is 0 Å². The van der Waals surface area contributed by atoms with Gasteiger partial charge in [-0.25, -0.2) is 0 Å². The molecule has 2 aliphatic heterocycles. The smallest absolute Gasteiger partial charge is 0.308 e. The summed E-state index contributed by atoms with van der Waals surface area (Å²) in [6.45, 7) is 1.78. The van der Waals surface area contributed by atoms with Gasteiger partial charge in [-0.2, -0.15) is 0 Å². The number of hydrogen-bond donors (Lipinski definition) is 1. The average molecular weight is 381 g/mol. The fourth-order valence-corrected chi connectivity index (χ4v) is 4.25. The lowest BCUT2D eigenvalue weighted by atomic mass is 9.72. The lowest BCUT2D eigenvalue weighted by Gasteiger charge is -2.36. The predicted molar refractivity (Wildman–Crippen MR) is 102 cm³/mol. The van der Waals surface area contributed by atoms with E-state index in [2.05, 4.69) is 0 Å². The average Bonchev–Trinajstić information content (AvgIpc) is 3.08. The first-order chi connectivity index (χ1) is 13.6. The van der Waals surface area contributed by atoms with Crippen molar-refractivity contribution in [2.24, 2.45) is 11.3 Å². The van der Waals surface area contributed by atoms with E-state index in [-0.39, 0.29) is 12.5 Å². The zero-order chi connectivity index (χ0) is 19.6. The number of para-hydroxylation sites is 1. The number of carboxylic acids is 1. The minimum Gasteiger partial charge on any atom is -0.481 e. The maximum Gasteiger partial charge on any atom is 0.308 e. The molecule has 4 rings (SSSR count). The Morgan fingerprint density at radius 2 is 1.75 bits per heavy atom. The van der Waals surface area contributed by atoms with Gasteiger partial charge in [0.15, 0.2) is 0 Å². The van der Waals surface area contributed by atoms with E-state index in [0.717, 1.165) is 0 Å². The van der Waals surface area contributed by atoms with E-state index in [1.54, 1.807) is 29.2 Å². The molecule has 2 aromatic carbocycles. The number of nitrogens with zero attached hydrogens (tertiary/aromatic N) is 1. The van der Waals surface area contributed by atoms with Crippen LogP contribution in [-0.4, -0.2) is 48.2 Å². The number of benzene rings is 2. The number of aliphatic carboxylic acids is 1. The molecule has 2 fully saturated rings. The molecule has 0 bridgehead atoms. The number of likely N-dealkylation sites (tertiary alicyclic amines) is 1. The highest BCUT2D eigenvalue weighted by Crippen LogP contribution is 2.44. The zero-order valence-corrected chi connectivity index (χ0v) is 15.5. The molecule has 1 atom stereocenters. The van der Waals surface area contributed by atoms with Gasteiger partial charge in [0.05, 0.1) is 5.92 Å². The SMILES string of the molecule is O=C(O)C1CN(C(=O)c2cccc(Oc3ccccc3)c2)CC12CCOCC2. The van der Waals surface area contributed by atoms with Crippen LogP contribution in [0.1, 0.15) is 23.2 Å². The first-order valence-corrected chi connectivity index (χ1v) is 9.50. The molecule has 0 aliphatic carbocycles. The Morgan fingerprint density at radius 1 is 1.04 bits per heavy atom. The van der Waals surface area contributed by atoms with Gasteiger partial charge in [0.1, 0.15) is 11.5 Å². The number of rotatable bonds is 4. The van der Waals surface area contributed by atoms with Crippen molar-refractivity contribution in [3.63, 3.8) is 0 Å². The Balaban J connectivity index is 1.53. The highest BCUT2D eigenvalue weighted by atomic mass is 16.5. The van der Waals surface area contributed by atoms with Gasteiger partial charge >= 0.3 is 5.97 Å². The number of amides is 1. The molecule has 0 saturated carbocycles. The topological polar surface area (TPSA) is 76.1 Å². The maximum atomic E-state index is 13.1. The molecule has 2 saturated heterocycles. The van der Waals surface area contributed by atoms with Gasteiger partial charge in [0.25, 0.3) is 5.91 Å². The molecule has 2 aromatic rings. The summed E-state index contributed by atoms with van der Waals surface area (Å²) in [5, 5.41) is 9.71. The van der Waals surface area contributed by atoms with E-state index < -0.39 is 17.3 Å². The molecule has 6 heteroatoms. The molecule has 146 valence electrons. The van der Waals surface area contributed by atoms with Crippen LogP contribution in [0.5, 0.6) is 11.5 Å². The summed E-state index contributed by atoms with van der Waals surface area (Å²) in [6.07, 6.45) is 1.34. The second-order valence-corrected chi connectivity index (χ2v) is 7.49. The summed E-state index contributed by atoms with van der Waals surface area (Å²) >= 11 is 0. The molecule has 6 nitrogen and oxygen atoms in total. The number of carbonyl (C=O) groups is 2. The monoisotopic (exact) mass is 381 g/mol. The fraction of sp³-hybridized carbons (Fsp3) is 0.364. The summed E-state index contributed by atoms with van der Waals surface area (Å²) in [5.41, 5.74) is 0.111. The van der Waals surface area contributed by atoms with E-state index in [4.69, 9.17) is 9.47 Å². The normalized spacial score (nSPS) is 20.9. The molecule has 1 unspecified atom stereocenters. The van der Waals surface area contributed by atoms with Crippen LogP contribution >= 0.6 is 0 Å². The van der Waals surface area contributed by atoms with E-state index in [9.17, 15) is 14.7 Å². The van der Waals surface area contributed by atoms with Gasteiger partial charge in [-0.05, 0) is 43.2 Å². The Kier molecular flexibility index (Phi) is 5.05. The first kappa shape index (κ1) is 18.5. The van der Waals surface area contributed by atoms with E-state index in [0.29, 0.717) is 49.7 Å². The van der Waals surface area contributed by atoms with Crippen molar-refractivity contribution in [2.45, 2.75) is 12.8 Å². The van der Waals surface area contributed by atoms with Crippen LogP contribution < -0.4 is 4.74 Å². The van der Waals surface area contributed by atoms with Crippen molar-refractivity contribution in [2.75, 3.05) is 26.3 Å². The fourth-order valence-electron chi connectivity index (χ4n) is 4.25. The van der Waals surface area contributed by atoms with Gasteiger partial charge < -0.3 is 19.5 Å². The van der Waals surface area contributed by atoms with Crippen LogP contribution in [0, 0.1) is 11.3 Å². The Labute approximate surface area is 163 Å². The van der Waals surface area contributed by atoms with Crippen molar-refractivity contribution < 1.29 is 24.2 Å². The molecule has 1 N–H and O–H groups in total. The highest BCUT2D eigenvalue weighted by Gasteiger charge is 2.52. The third-order valence-corrected chi connectivity index (χ3v) is 5.78. The van der Waals surface area contributed by atoms with Crippen LogP contribution in [-0.2, 0) is 9.53 Å². The highest BCUT2D eigenvalue weighted by molar-refractivity contribution is 5.95. The molecule has 2 heterocycles.